The number of hydrogen-bond acceptors (Lipinski definition) is 6. The highest BCUT2D eigenvalue weighted by Crippen LogP contribution is 2.33. The molecule has 0 unspecified atom stereocenters. The molecule has 3 aromatic heterocycles. The number of rotatable bonds is 3. The molecule has 1 aliphatic rings. The van der Waals surface area contributed by atoms with Gasteiger partial charge in [0.05, 0.1) is 5.52 Å². The van der Waals surface area contributed by atoms with Crippen LogP contribution in [0.2, 0.25) is 0 Å². The molecule has 4 rings (SSSR count). The lowest BCUT2D eigenvalue weighted by Crippen LogP contribution is -2.42. The van der Waals surface area contributed by atoms with E-state index in [0.29, 0.717) is 11.1 Å². The lowest BCUT2D eigenvalue weighted by molar-refractivity contribution is -0.140. The topological polar surface area (TPSA) is 91.9 Å². The fourth-order valence-electron chi connectivity index (χ4n) is 3.38. The van der Waals surface area contributed by atoms with Crippen molar-refractivity contribution in [1.82, 2.24) is 19.4 Å². The molecule has 7 nitrogen and oxygen atoms in total. The Balaban J connectivity index is 1.80. The van der Waals surface area contributed by atoms with Crippen molar-refractivity contribution in [3.05, 3.63) is 52.2 Å². The van der Waals surface area contributed by atoms with Crippen LogP contribution in [0, 0.1) is 11.3 Å². The summed E-state index contributed by atoms with van der Waals surface area (Å²) in [5.41, 5.74) is 2.65. The van der Waals surface area contributed by atoms with E-state index >= 15 is 0 Å². The van der Waals surface area contributed by atoms with Gasteiger partial charge in [-0.2, -0.15) is 5.26 Å². The Labute approximate surface area is 171 Å². The van der Waals surface area contributed by atoms with Crippen molar-refractivity contribution in [1.29, 1.82) is 5.26 Å². The molecule has 8 heteroatoms. The second-order valence-electron chi connectivity index (χ2n) is 6.60. The summed E-state index contributed by atoms with van der Waals surface area (Å²) in [6, 6.07) is 7.72. The van der Waals surface area contributed by atoms with Gasteiger partial charge in [-0.3, -0.25) is 19.5 Å². The molecule has 144 valence electrons. The van der Waals surface area contributed by atoms with Gasteiger partial charge in [0.2, 0.25) is 0 Å². The molecule has 0 saturated carbocycles. The van der Waals surface area contributed by atoms with E-state index in [1.54, 1.807) is 32.3 Å². The third kappa shape index (κ3) is 2.96. The van der Waals surface area contributed by atoms with E-state index in [9.17, 15) is 14.9 Å². The number of amides is 2. The Morgan fingerprint density at radius 3 is 2.72 bits per heavy atom. The average Bonchev–Trinajstić information content (AvgIpc) is 3.25. The van der Waals surface area contributed by atoms with E-state index in [1.807, 2.05) is 35.9 Å². The molecule has 0 bridgehead atoms. The van der Waals surface area contributed by atoms with Crippen LogP contribution in [-0.2, 0) is 16.6 Å². The van der Waals surface area contributed by atoms with Crippen LogP contribution in [0.3, 0.4) is 0 Å². The molecular weight excluding hydrogens is 386 g/mol. The van der Waals surface area contributed by atoms with Gasteiger partial charge in [-0.15, -0.1) is 11.3 Å². The number of carbonyl (C=O) groups is 2. The standard InChI is InChI=1S/C21H17N5O2S/c1-4-26-20(27)15(12(2)16(10-22)21(26)28)8-14-9-17-19(29-14)24-18(25(17)3)13-6-5-7-23-11-13/h5-9,11H,4H2,1-3H3/b15-8-. The van der Waals surface area contributed by atoms with Crippen LogP contribution in [0.15, 0.2) is 47.3 Å². The van der Waals surface area contributed by atoms with Crippen molar-refractivity contribution >= 4 is 39.6 Å². The Kier molecular flexibility index (Phi) is 4.60. The van der Waals surface area contributed by atoms with E-state index in [1.165, 1.54) is 11.3 Å². The van der Waals surface area contributed by atoms with E-state index in [2.05, 4.69) is 4.98 Å². The molecular formula is C21H17N5O2S. The molecule has 0 N–H and O–H groups in total. The lowest BCUT2D eigenvalue weighted by atomic mass is 9.95. The number of aryl methyl sites for hydroxylation is 1. The number of thiophene rings is 1. The van der Waals surface area contributed by atoms with Crippen molar-refractivity contribution in [2.24, 2.45) is 7.05 Å². The molecule has 2 amide bonds. The predicted octanol–water partition coefficient (Wildman–Crippen LogP) is 3.31. The summed E-state index contributed by atoms with van der Waals surface area (Å²) in [4.78, 5) is 36.7. The number of carbonyl (C=O) groups excluding carboxylic acids is 2. The zero-order chi connectivity index (χ0) is 20.7. The molecule has 1 aliphatic heterocycles. The smallest absolute Gasteiger partial charge is 0.271 e. The van der Waals surface area contributed by atoms with Crippen molar-refractivity contribution in [2.75, 3.05) is 6.54 Å². The van der Waals surface area contributed by atoms with Gasteiger partial charge in [0.25, 0.3) is 11.8 Å². The van der Waals surface area contributed by atoms with Crippen molar-refractivity contribution < 1.29 is 9.59 Å². The zero-order valence-corrected chi connectivity index (χ0v) is 16.9. The third-order valence-electron chi connectivity index (χ3n) is 4.95. The van der Waals surface area contributed by atoms with Crippen molar-refractivity contribution in [3.63, 3.8) is 0 Å². The molecule has 0 atom stereocenters. The number of pyridine rings is 1. The molecule has 3 aromatic rings. The molecule has 0 aliphatic carbocycles. The van der Waals surface area contributed by atoms with Gasteiger partial charge in [0.15, 0.2) is 0 Å². The van der Waals surface area contributed by atoms with Crippen molar-refractivity contribution in [3.8, 4) is 17.5 Å². The number of aromatic nitrogens is 3. The number of fused-ring (bicyclic) bond motifs is 1. The van der Waals surface area contributed by atoms with Crippen LogP contribution < -0.4 is 0 Å². The Hall–Kier alpha value is -3.57. The number of hydrogen-bond donors (Lipinski definition) is 0. The van der Waals surface area contributed by atoms with Crippen LogP contribution in [0.5, 0.6) is 0 Å². The summed E-state index contributed by atoms with van der Waals surface area (Å²) in [6.07, 6.45) is 5.22. The summed E-state index contributed by atoms with van der Waals surface area (Å²) in [7, 11) is 1.93. The normalized spacial score (nSPS) is 16.2. The Morgan fingerprint density at radius 1 is 1.31 bits per heavy atom. The minimum Gasteiger partial charge on any atom is -0.326 e. The molecule has 0 spiro atoms. The number of nitriles is 1. The van der Waals surface area contributed by atoms with Crippen LogP contribution in [0.4, 0.5) is 0 Å². The second-order valence-corrected chi connectivity index (χ2v) is 7.66. The monoisotopic (exact) mass is 403 g/mol. The first-order valence-electron chi connectivity index (χ1n) is 9.02. The summed E-state index contributed by atoms with van der Waals surface area (Å²) >= 11 is 1.45. The van der Waals surface area contributed by atoms with Crippen molar-refractivity contribution in [2.45, 2.75) is 13.8 Å². The van der Waals surface area contributed by atoms with Crippen LogP contribution in [0.25, 0.3) is 27.8 Å². The van der Waals surface area contributed by atoms with Gasteiger partial charge in [0.1, 0.15) is 22.3 Å². The predicted molar refractivity (Wildman–Crippen MR) is 111 cm³/mol. The molecule has 29 heavy (non-hydrogen) atoms. The molecule has 0 fully saturated rings. The maximum Gasteiger partial charge on any atom is 0.271 e. The highest BCUT2D eigenvalue weighted by atomic mass is 32.1. The summed E-state index contributed by atoms with van der Waals surface area (Å²) < 4.78 is 1.98. The minimum atomic E-state index is -0.534. The highest BCUT2D eigenvalue weighted by molar-refractivity contribution is 7.19. The first kappa shape index (κ1) is 18.8. The minimum absolute atomic E-state index is 0.01000. The number of imide groups is 1. The maximum atomic E-state index is 12.8. The molecule has 0 aromatic carbocycles. The van der Waals surface area contributed by atoms with E-state index < -0.39 is 5.91 Å². The van der Waals surface area contributed by atoms with Gasteiger partial charge < -0.3 is 4.57 Å². The van der Waals surface area contributed by atoms with Crippen LogP contribution >= 0.6 is 11.3 Å². The summed E-state index contributed by atoms with van der Waals surface area (Å²) in [6.45, 7) is 3.57. The first-order valence-corrected chi connectivity index (χ1v) is 9.83. The van der Waals surface area contributed by atoms with Crippen LogP contribution in [0.1, 0.15) is 18.7 Å². The second kappa shape index (κ2) is 7.11. The van der Waals surface area contributed by atoms with E-state index in [4.69, 9.17) is 4.98 Å². The fraction of sp³-hybridized carbons (Fsp3) is 0.190. The van der Waals surface area contributed by atoms with E-state index in [0.717, 1.165) is 31.5 Å². The van der Waals surface area contributed by atoms with Gasteiger partial charge in [0, 0.05) is 42.0 Å². The number of likely N-dealkylation sites (N-methyl/N-ethyl adjacent to an activating group) is 1. The molecule has 0 saturated heterocycles. The molecule has 4 heterocycles. The summed E-state index contributed by atoms with van der Waals surface area (Å²) in [5, 5.41) is 9.36. The highest BCUT2D eigenvalue weighted by Gasteiger charge is 2.34. The maximum absolute atomic E-state index is 12.8. The largest absolute Gasteiger partial charge is 0.326 e. The fourth-order valence-corrected chi connectivity index (χ4v) is 4.38. The molecule has 0 radical (unpaired) electrons. The summed E-state index contributed by atoms with van der Waals surface area (Å²) in [5.74, 6) is -0.0953. The lowest BCUT2D eigenvalue weighted by Gasteiger charge is -2.26. The quantitative estimate of drug-likeness (QED) is 0.494. The first-order chi connectivity index (χ1) is 14.0. The van der Waals surface area contributed by atoms with Gasteiger partial charge in [-0.25, -0.2) is 4.98 Å². The zero-order valence-electron chi connectivity index (χ0n) is 16.1. The van der Waals surface area contributed by atoms with Gasteiger partial charge >= 0.3 is 0 Å². The average molecular weight is 403 g/mol. The third-order valence-corrected chi connectivity index (χ3v) is 5.91. The SMILES string of the molecule is CCN1C(=O)C(C#N)=C(C)/C(=C/c2cc3c(nc(-c4cccnc4)n3C)s2)C1=O. The number of imidazole rings is 1. The van der Waals surface area contributed by atoms with E-state index in [-0.39, 0.29) is 18.0 Å². The van der Waals surface area contributed by atoms with Gasteiger partial charge in [-0.05, 0) is 43.7 Å². The van der Waals surface area contributed by atoms with Gasteiger partial charge in [-0.1, -0.05) is 0 Å². The van der Waals surface area contributed by atoms with Crippen LogP contribution in [-0.4, -0.2) is 37.8 Å². The number of nitrogens with zero attached hydrogens (tertiary/aromatic N) is 5. The Bertz CT molecular complexity index is 1260. The Morgan fingerprint density at radius 2 is 2.10 bits per heavy atom.